The molecule has 1 aromatic heterocycles. The van der Waals surface area contributed by atoms with E-state index in [0.29, 0.717) is 28.8 Å². The molecule has 4 rings (SSSR count). The van der Waals surface area contributed by atoms with Crippen LogP contribution in [0, 0.1) is 5.82 Å². The largest absolute Gasteiger partial charge is 0.454 e. The Kier molecular flexibility index (Phi) is 3.99. The molecule has 1 aliphatic rings. The average molecular weight is 339 g/mol. The van der Waals surface area contributed by atoms with E-state index in [1.807, 2.05) is 18.2 Å². The van der Waals surface area contributed by atoms with E-state index >= 15 is 0 Å². The smallest absolute Gasteiger partial charge is 0.244 e. The lowest BCUT2D eigenvalue weighted by Gasteiger charge is -2.08. The lowest BCUT2D eigenvalue weighted by atomic mass is 10.2. The highest BCUT2D eigenvalue weighted by Gasteiger charge is 2.13. The highest BCUT2D eigenvalue weighted by Crippen LogP contribution is 2.34. The van der Waals surface area contributed by atoms with Crippen molar-refractivity contribution in [3.8, 4) is 11.5 Å². The van der Waals surface area contributed by atoms with E-state index in [9.17, 15) is 4.39 Å². The average Bonchev–Trinajstić information content (AvgIpc) is 3.09. The van der Waals surface area contributed by atoms with Crippen LogP contribution in [0.15, 0.2) is 48.7 Å². The number of anilines is 3. The number of fused-ring (bicyclic) bond motifs is 1. The first-order chi connectivity index (χ1) is 12.3. The molecule has 0 atom stereocenters. The highest BCUT2D eigenvalue weighted by molar-refractivity contribution is 5.61. The molecular formula is C17H14FN5O2. The zero-order valence-corrected chi connectivity index (χ0v) is 13.1. The molecule has 8 heteroatoms. The molecule has 2 N–H and O–H groups in total. The number of ether oxygens (including phenoxy) is 2. The third kappa shape index (κ3) is 3.42. The summed E-state index contributed by atoms with van der Waals surface area (Å²) < 4.78 is 24.3. The molecule has 1 aliphatic heterocycles. The van der Waals surface area contributed by atoms with E-state index in [1.54, 1.807) is 18.2 Å². The minimum absolute atomic E-state index is 0.220. The number of aromatic nitrogens is 3. The molecule has 0 amide bonds. The molecule has 2 heterocycles. The molecule has 0 saturated heterocycles. The Labute approximate surface area is 142 Å². The Balaban J connectivity index is 1.45. The lowest BCUT2D eigenvalue weighted by Crippen LogP contribution is -2.07. The van der Waals surface area contributed by atoms with Gasteiger partial charge in [0.05, 0.1) is 6.20 Å². The predicted molar refractivity (Wildman–Crippen MR) is 89.4 cm³/mol. The van der Waals surface area contributed by atoms with Gasteiger partial charge in [-0.15, -0.1) is 5.10 Å². The van der Waals surface area contributed by atoms with Crippen LogP contribution in [0.3, 0.4) is 0 Å². The first kappa shape index (κ1) is 15.1. The molecule has 0 bridgehead atoms. The van der Waals surface area contributed by atoms with Gasteiger partial charge in [-0.2, -0.15) is 10.1 Å². The van der Waals surface area contributed by atoms with Crippen LogP contribution in [0.5, 0.6) is 11.5 Å². The fourth-order valence-corrected chi connectivity index (χ4v) is 2.38. The van der Waals surface area contributed by atoms with E-state index in [2.05, 4.69) is 25.8 Å². The van der Waals surface area contributed by atoms with Gasteiger partial charge >= 0.3 is 0 Å². The second-order valence-electron chi connectivity index (χ2n) is 5.30. The molecule has 0 aliphatic carbocycles. The first-order valence-corrected chi connectivity index (χ1v) is 7.61. The number of hydrogen-bond acceptors (Lipinski definition) is 7. The van der Waals surface area contributed by atoms with Crippen molar-refractivity contribution in [1.29, 1.82) is 0 Å². The quantitative estimate of drug-likeness (QED) is 0.739. The van der Waals surface area contributed by atoms with Crippen molar-refractivity contribution in [2.24, 2.45) is 0 Å². The van der Waals surface area contributed by atoms with E-state index in [1.165, 1.54) is 12.3 Å². The number of nitrogens with one attached hydrogen (secondary N) is 2. The van der Waals surface area contributed by atoms with Crippen molar-refractivity contribution >= 4 is 17.5 Å². The fourth-order valence-electron chi connectivity index (χ4n) is 2.38. The van der Waals surface area contributed by atoms with E-state index in [-0.39, 0.29) is 19.2 Å². The summed E-state index contributed by atoms with van der Waals surface area (Å²) in [5.74, 6) is 1.90. The molecule has 0 spiro atoms. The van der Waals surface area contributed by atoms with E-state index in [0.717, 1.165) is 5.69 Å². The third-order valence-electron chi connectivity index (χ3n) is 3.60. The van der Waals surface area contributed by atoms with Crippen molar-refractivity contribution in [3.63, 3.8) is 0 Å². The van der Waals surface area contributed by atoms with Crippen LogP contribution < -0.4 is 20.1 Å². The zero-order chi connectivity index (χ0) is 17.1. The zero-order valence-electron chi connectivity index (χ0n) is 13.1. The van der Waals surface area contributed by atoms with Crippen LogP contribution in [0.25, 0.3) is 0 Å². The second kappa shape index (κ2) is 6.60. The summed E-state index contributed by atoms with van der Waals surface area (Å²) in [5, 5.41) is 13.9. The molecule has 0 unspecified atom stereocenters. The summed E-state index contributed by atoms with van der Waals surface area (Å²) in [6.07, 6.45) is 1.50. The van der Waals surface area contributed by atoms with Gasteiger partial charge in [0.2, 0.25) is 12.7 Å². The molecule has 126 valence electrons. The van der Waals surface area contributed by atoms with Crippen molar-refractivity contribution in [2.75, 3.05) is 17.4 Å². The standard InChI is InChI=1S/C17H14FN5O2/c18-13-4-2-1-3-11(13)8-19-17-22-16(9-20-23-17)21-12-5-6-14-15(7-12)25-10-24-14/h1-7,9H,8,10H2,(H2,19,21,22,23). The monoisotopic (exact) mass is 339 g/mol. The Morgan fingerprint density at radius 2 is 1.96 bits per heavy atom. The maximum Gasteiger partial charge on any atom is 0.244 e. The number of rotatable bonds is 5. The molecule has 0 saturated carbocycles. The van der Waals surface area contributed by atoms with Gasteiger partial charge in [-0.05, 0) is 18.2 Å². The van der Waals surface area contributed by atoms with Gasteiger partial charge in [0, 0.05) is 23.9 Å². The topological polar surface area (TPSA) is 81.2 Å². The number of nitrogens with zero attached hydrogens (tertiary/aromatic N) is 3. The third-order valence-corrected chi connectivity index (χ3v) is 3.60. The normalized spacial score (nSPS) is 12.0. The van der Waals surface area contributed by atoms with Crippen LogP contribution in [-0.2, 0) is 6.54 Å². The molecule has 0 fully saturated rings. The van der Waals surface area contributed by atoms with E-state index in [4.69, 9.17) is 9.47 Å². The van der Waals surface area contributed by atoms with Crippen LogP contribution in [0.4, 0.5) is 21.8 Å². The predicted octanol–water partition coefficient (Wildman–Crippen LogP) is 3.10. The lowest BCUT2D eigenvalue weighted by molar-refractivity contribution is 0.174. The van der Waals surface area contributed by atoms with Gasteiger partial charge in [-0.25, -0.2) is 4.39 Å². The summed E-state index contributed by atoms with van der Waals surface area (Å²) in [4.78, 5) is 4.32. The van der Waals surface area contributed by atoms with Crippen molar-refractivity contribution in [1.82, 2.24) is 15.2 Å². The van der Waals surface area contributed by atoms with Crippen molar-refractivity contribution in [2.45, 2.75) is 6.54 Å². The molecule has 7 nitrogen and oxygen atoms in total. The Hall–Kier alpha value is -3.42. The maximum atomic E-state index is 13.6. The SMILES string of the molecule is Fc1ccccc1CNc1nncc(Nc2ccc3c(c2)OCO3)n1. The van der Waals surface area contributed by atoms with Gasteiger partial charge in [0.1, 0.15) is 5.82 Å². The number of benzene rings is 2. The van der Waals surface area contributed by atoms with Gasteiger partial charge in [0.25, 0.3) is 0 Å². The minimum Gasteiger partial charge on any atom is -0.454 e. The van der Waals surface area contributed by atoms with Crippen LogP contribution in [0.1, 0.15) is 5.56 Å². The summed E-state index contributed by atoms with van der Waals surface area (Å²) in [7, 11) is 0. The molecule has 3 aromatic rings. The van der Waals surface area contributed by atoms with Gasteiger partial charge in [-0.3, -0.25) is 0 Å². The Morgan fingerprint density at radius 1 is 1.08 bits per heavy atom. The highest BCUT2D eigenvalue weighted by atomic mass is 19.1. The summed E-state index contributed by atoms with van der Waals surface area (Å²) in [6, 6.07) is 12.0. The minimum atomic E-state index is -0.280. The fraction of sp³-hybridized carbons (Fsp3) is 0.118. The van der Waals surface area contributed by atoms with Crippen LogP contribution >= 0.6 is 0 Å². The molecular weight excluding hydrogens is 325 g/mol. The van der Waals surface area contributed by atoms with Crippen molar-refractivity contribution < 1.29 is 13.9 Å². The summed E-state index contributed by atoms with van der Waals surface area (Å²) >= 11 is 0. The summed E-state index contributed by atoms with van der Waals surface area (Å²) in [5.41, 5.74) is 1.31. The second-order valence-corrected chi connectivity index (χ2v) is 5.30. The Morgan fingerprint density at radius 3 is 2.88 bits per heavy atom. The number of halogens is 1. The molecule has 25 heavy (non-hydrogen) atoms. The maximum absolute atomic E-state index is 13.6. The van der Waals surface area contributed by atoms with E-state index < -0.39 is 0 Å². The first-order valence-electron chi connectivity index (χ1n) is 7.61. The summed E-state index contributed by atoms with van der Waals surface area (Å²) in [6.45, 7) is 0.486. The molecule has 2 aromatic carbocycles. The van der Waals surface area contributed by atoms with Crippen LogP contribution in [-0.4, -0.2) is 22.0 Å². The van der Waals surface area contributed by atoms with Gasteiger partial charge < -0.3 is 20.1 Å². The number of hydrogen-bond donors (Lipinski definition) is 2. The van der Waals surface area contributed by atoms with Gasteiger partial charge in [-0.1, -0.05) is 18.2 Å². The van der Waals surface area contributed by atoms with Gasteiger partial charge in [0.15, 0.2) is 17.3 Å². The Bertz CT molecular complexity index is 906. The molecule has 0 radical (unpaired) electrons. The van der Waals surface area contributed by atoms with Crippen LogP contribution in [0.2, 0.25) is 0 Å². The van der Waals surface area contributed by atoms with Crippen molar-refractivity contribution in [3.05, 3.63) is 60.0 Å².